The number of ether oxygens (including phenoxy) is 1. The highest BCUT2D eigenvalue weighted by molar-refractivity contribution is 5.98. The molecule has 1 aliphatic heterocycles. The molecule has 2 aromatic carbocycles. The number of nitrogens with zero attached hydrogens (tertiary/aromatic N) is 2. The van der Waals surface area contributed by atoms with Crippen LogP contribution in [-0.4, -0.2) is 57.6 Å². The Hall–Kier alpha value is -4.08. The molecular weight excluding hydrogens is 490 g/mol. The molecule has 0 aliphatic carbocycles. The second-order valence-corrected chi connectivity index (χ2v) is 10.3. The van der Waals surface area contributed by atoms with Gasteiger partial charge < -0.3 is 15.0 Å². The molecule has 202 valence electrons. The highest BCUT2D eigenvalue weighted by atomic mass is 16.6. The Balaban J connectivity index is 1.68. The molecule has 1 N–H and O–H groups in total. The number of ketones is 1. The lowest BCUT2D eigenvalue weighted by atomic mass is 9.98. The van der Waals surface area contributed by atoms with E-state index in [-0.39, 0.29) is 36.6 Å². The van der Waals surface area contributed by atoms with Gasteiger partial charge in [0.05, 0.1) is 11.0 Å². The first kappa shape index (κ1) is 28.5. The number of rotatable bonds is 10. The van der Waals surface area contributed by atoms with Gasteiger partial charge in [0.2, 0.25) is 5.91 Å². The fourth-order valence-corrected chi connectivity index (χ4v) is 4.29. The van der Waals surface area contributed by atoms with Gasteiger partial charge in [0.1, 0.15) is 11.6 Å². The molecule has 2 amide bonds. The number of hydrogen-bond acceptors (Lipinski definition) is 7. The summed E-state index contributed by atoms with van der Waals surface area (Å²) in [6.45, 7) is 5.70. The van der Waals surface area contributed by atoms with E-state index in [4.69, 9.17) is 4.74 Å². The average molecular weight is 524 g/mol. The van der Waals surface area contributed by atoms with Gasteiger partial charge in [-0.25, -0.2) is 4.79 Å². The third kappa shape index (κ3) is 7.96. The van der Waals surface area contributed by atoms with E-state index in [1.165, 1.54) is 29.2 Å². The first-order valence-corrected chi connectivity index (χ1v) is 12.6. The summed E-state index contributed by atoms with van der Waals surface area (Å²) < 4.78 is 5.45. The van der Waals surface area contributed by atoms with Crippen molar-refractivity contribution in [3.63, 3.8) is 0 Å². The summed E-state index contributed by atoms with van der Waals surface area (Å²) in [5.41, 5.74) is 0.244. The van der Waals surface area contributed by atoms with Crippen molar-refractivity contribution in [2.24, 2.45) is 0 Å². The summed E-state index contributed by atoms with van der Waals surface area (Å²) in [7, 11) is 0. The number of carbonyl (C=O) groups is 4. The van der Waals surface area contributed by atoms with Crippen LogP contribution in [0.25, 0.3) is 0 Å². The number of carbonyl (C=O) groups excluding carboxylic acids is 4. The normalized spacial score (nSPS) is 16.0. The molecule has 10 nitrogen and oxygen atoms in total. The minimum absolute atomic E-state index is 0.0827. The van der Waals surface area contributed by atoms with Crippen LogP contribution in [0.4, 0.5) is 5.69 Å². The Bertz CT molecular complexity index is 1170. The molecule has 0 bridgehead atoms. The Morgan fingerprint density at radius 3 is 2.32 bits per heavy atom. The molecule has 1 saturated heterocycles. The first-order valence-electron chi connectivity index (χ1n) is 12.6. The van der Waals surface area contributed by atoms with Crippen molar-refractivity contribution in [3.05, 3.63) is 75.8 Å². The van der Waals surface area contributed by atoms with Crippen molar-refractivity contribution in [2.45, 2.75) is 70.6 Å². The predicted molar refractivity (Wildman–Crippen MR) is 139 cm³/mol. The lowest BCUT2D eigenvalue weighted by Crippen LogP contribution is -2.45. The fourth-order valence-electron chi connectivity index (χ4n) is 4.29. The Morgan fingerprint density at radius 2 is 1.71 bits per heavy atom. The van der Waals surface area contributed by atoms with Crippen molar-refractivity contribution in [2.75, 3.05) is 6.54 Å². The maximum atomic E-state index is 13.2. The van der Waals surface area contributed by atoms with Gasteiger partial charge >= 0.3 is 5.97 Å². The first-order chi connectivity index (χ1) is 17.9. The third-order valence-electron chi connectivity index (χ3n) is 6.15. The lowest BCUT2D eigenvalue weighted by molar-refractivity contribution is -0.384. The van der Waals surface area contributed by atoms with E-state index < -0.39 is 34.5 Å². The van der Waals surface area contributed by atoms with Gasteiger partial charge in [-0.05, 0) is 57.7 Å². The smallest absolute Gasteiger partial charge is 0.329 e. The zero-order valence-electron chi connectivity index (χ0n) is 21.8. The molecular formula is C28H33N3O7. The van der Waals surface area contributed by atoms with E-state index in [9.17, 15) is 29.3 Å². The van der Waals surface area contributed by atoms with Gasteiger partial charge in [-0.15, -0.1) is 0 Å². The molecule has 2 atom stereocenters. The molecule has 1 aliphatic rings. The number of benzene rings is 2. The molecule has 0 saturated carbocycles. The highest BCUT2D eigenvalue weighted by Gasteiger charge is 2.37. The van der Waals surface area contributed by atoms with E-state index in [1.807, 2.05) is 0 Å². The summed E-state index contributed by atoms with van der Waals surface area (Å²) in [6, 6.07) is 12.5. The molecule has 0 radical (unpaired) electrons. The Morgan fingerprint density at radius 1 is 1.05 bits per heavy atom. The van der Waals surface area contributed by atoms with Gasteiger partial charge in [0.15, 0.2) is 5.78 Å². The van der Waals surface area contributed by atoms with Crippen molar-refractivity contribution in [1.29, 1.82) is 0 Å². The summed E-state index contributed by atoms with van der Waals surface area (Å²) in [6.07, 6.45) is 1.02. The predicted octanol–water partition coefficient (Wildman–Crippen LogP) is 3.62. The van der Waals surface area contributed by atoms with E-state index in [0.717, 1.165) is 0 Å². The maximum Gasteiger partial charge on any atom is 0.329 e. The molecule has 1 fully saturated rings. The van der Waals surface area contributed by atoms with Crippen LogP contribution in [0, 0.1) is 10.1 Å². The van der Waals surface area contributed by atoms with E-state index in [1.54, 1.807) is 51.1 Å². The number of nitro groups is 1. The molecule has 0 aromatic heterocycles. The zero-order chi connectivity index (χ0) is 27.9. The number of non-ortho nitro benzene ring substituents is 1. The Labute approximate surface area is 221 Å². The molecule has 0 spiro atoms. The highest BCUT2D eigenvalue weighted by Crippen LogP contribution is 2.23. The van der Waals surface area contributed by atoms with Gasteiger partial charge in [-0.1, -0.05) is 30.3 Å². The SMILES string of the molecule is CC(C)(C)OC(=O)[C@@H]1CCCN1C(=O)CCC(=O)[C@H](Cc1ccc([N+](=O)[O-])cc1)NC(=O)c1ccccc1. The Kier molecular flexibility index (Phi) is 9.33. The van der Waals surface area contributed by atoms with E-state index in [0.29, 0.717) is 30.5 Å². The van der Waals surface area contributed by atoms with Crippen LogP contribution in [0.3, 0.4) is 0 Å². The van der Waals surface area contributed by atoms with Gasteiger partial charge in [0, 0.05) is 37.1 Å². The standard InChI is InChI=1S/C28H33N3O7/c1-28(2,3)38-27(35)23-10-7-17-30(23)25(33)16-15-24(32)22(29-26(34)20-8-5-4-6-9-20)18-19-11-13-21(14-12-19)31(36)37/h4-6,8-9,11-14,22-23H,7,10,15-18H2,1-3H3,(H,29,34)/t22-,23-/m0/s1. The maximum absolute atomic E-state index is 13.2. The lowest BCUT2D eigenvalue weighted by Gasteiger charge is -2.27. The van der Waals surface area contributed by atoms with Crippen molar-refractivity contribution < 1.29 is 28.8 Å². The number of hydrogen-bond donors (Lipinski definition) is 1. The monoisotopic (exact) mass is 523 g/mol. The van der Waals surface area contributed by atoms with E-state index in [2.05, 4.69) is 5.32 Å². The van der Waals surface area contributed by atoms with Crippen LogP contribution in [0.2, 0.25) is 0 Å². The van der Waals surface area contributed by atoms with Gasteiger partial charge in [0.25, 0.3) is 11.6 Å². The topological polar surface area (TPSA) is 136 Å². The summed E-state index contributed by atoms with van der Waals surface area (Å²) in [4.78, 5) is 63.5. The third-order valence-corrected chi connectivity index (χ3v) is 6.15. The minimum Gasteiger partial charge on any atom is -0.458 e. The fraction of sp³-hybridized carbons (Fsp3) is 0.429. The van der Waals surface area contributed by atoms with Crippen LogP contribution in [-0.2, 0) is 25.5 Å². The molecule has 10 heteroatoms. The molecule has 38 heavy (non-hydrogen) atoms. The summed E-state index contributed by atoms with van der Waals surface area (Å²) in [5, 5.41) is 13.7. The number of nitrogens with one attached hydrogen (secondary N) is 1. The molecule has 0 unspecified atom stereocenters. The number of Topliss-reactive ketones (excluding diaryl/α,β-unsaturated/α-hetero) is 1. The number of nitro benzene ring substituents is 1. The molecule has 2 aromatic rings. The quantitative estimate of drug-likeness (QED) is 0.285. The van der Waals surface area contributed by atoms with Crippen molar-refractivity contribution in [3.8, 4) is 0 Å². The van der Waals surface area contributed by atoms with Crippen LogP contribution < -0.4 is 5.32 Å². The second-order valence-electron chi connectivity index (χ2n) is 10.3. The molecule has 3 rings (SSSR count). The van der Waals surface area contributed by atoms with E-state index >= 15 is 0 Å². The summed E-state index contributed by atoms with van der Waals surface area (Å²) >= 11 is 0. The van der Waals surface area contributed by atoms with Crippen LogP contribution in [0.1, 0.15) is 62.4 Å². The molecule has 1 heterocycles. The summed E-state index contributed by atoms with van der Waals surface area (Å²) in [5.74, 6) is -1.58. The minimum atomic E-state index is -0.947. The van der Waals surface area contributed by atoms with Crippen LogP contribution in [0.15, 0.2) is 54.6 Å². The largest absolute Gasteiger partial charge is 0.458 e. The number of amides is 2. The number of likely N-dealkylation sites (tertiary alicyclic amines) is 1. The van der Waals surface area contributed by atoms with Gasteiger partial charge in [-0.2, -0.15) is 0 Å². The van der Waals surface area contributed by atoms with Crippen LogP contribution in [0.5, 0.6) is 0 Å². The van der Waals surface area contributed by atoms with Crippen LogP contribution >= 0.6 is 0 Å². The number of esters is 1. The second kappa shape index (κ2) is 12.4. The van der Waals surface area contributed by atoms with Gasteiger partial charge in [-0.3, -0.25) is 24.5 Å². The van der Waals surface area contributed by atoms with Crippen molar-refractivity contribution >= 4 is 29.3 Å². The van der Waals surface area contributed by atoms with Crippen molar-refractivity contribution in [1.82, 2.24) is 10.2 Å². The zero-order valence-corrected chi connectivity index (χ0v) is 21.8. The average Bonchev–Trinajstić information content (AvgIpc) is 3.37.